The van der Waals surface area contributed by atoms with Crippen molar-refractivity contribution < 1.29 is 13.6 Å². The predicted molar refractivity (Wildman–Crippen MR) is 87.0 cm³/mol. The van der Waals surface area contributed by atoms with E-state index in [1.807, 2.05) is 0 Å². The number of hydrogen-bond donors (Lipinski definition) is 1. The van der Waals surface area contributed by atoms with E-state index in [0.29, 0.717) is 22.9 Å². The van der Waals surface area contributed by atoms with Crippen LogP contribution >= 0.6 is 11.8 Å². The summed E-state index contributed by atoms with van der Waals surface area (Å²) in [6.07, 6.45) is 10.00. The average molecular weight is 335 g/mol. The molecule has 7 heteroatoms. The van der Waals surface area contributed by atoms with Gasteiger partial charge in [-0.25, -0.2) is 0 Å². The minimum Gasteiger partial charge on any atom is -0.459 e. The Hall–Kier alpha value is -1.76. The summed E-state index contributed by atoms with van der Waals surface area (Å²) in [5, 5.41) is 11.3. The Morgan fingerprint density at radius 2 is 2.00 bits per heavy atom. The fourth-order valence-corrected chi connectivity index (χ4v) is 3.34. The Morgan fingerprint density at radius 3 is 2.74 bits per heavy atom. The van der Waals surface area contributed by atoms with Crippen LogP contribution in [0.4, 0.5) is 0 Å². The highest BCUT2D eigenvalue weighted by Gasteiger charge is 2.16. The molecule has 2 heterocycles. The fourth-order valence-electron chi connectivity index (χ4n) is 2.77. The molecular formula is C16H21N3O3S. The molecular weight excluding hydrogens is 314 g/mol. The maximum absolute atomic E-state index is 12.1. The van der Waals surface area contributed by atoms with Crippen molar-refractivity contribution >= 4 is 17.7 Å². The van der Waals surface area contributed by atoms with Crippen LogP contribution in [0, 0.1) is 0 Å². The summed E-state index contributed by atoms with van der Waals surface area (Å²) >= 11 is 1.25. The number of carbonyl (C=O) groups excluding carboxylic acids is 1. The number of nitrogens with zero attached hydrogens (tertiary/aromatic N) is 2. The van der Waals surface area contributed by atoms with Crippen molar-refractivity contribution in [2.75, 3.05) is 5.75 Å². The number of thioether (sulfide) groups is 1. The minimum atomic E-state index is 0.0262. The van der Waals surface area contributed by atoms with Gasteiger partial charge in [-0.3, -0.25) is 4.79 Å². The zero-order valence-corrected chi connectivity index (χ0v) is 13.8. The monoisotopic (exact) mass is 335 g/mol. The van der Waals surface area contributed by atoms with Gasteiger partial charge >= 0.3 is 0 Å². The Kier molecular flexibility index (Phi) is 5.74. The largest absolute Gasteiger partial charge is 0.459 e. The Labute approximate surface area is 139 Å². The van der Waals surface area contributed by atoms with Gasteiger partial charge in [0.2, 0.25) is 5.91 Å². The number of nitrogens with one attached hydrogen (secondary N) is 1. The maximum Gasteiger partial charge on any atom is 0.284 e. The average Bonchev–Trinajstić information content (AvgIpc) is 3.18. The van der Waals surface area contributed by atoms with E-state index in [4.69, 9.17) is 8.83 Å². The molecule has 0 bridgehead atoms. The molecule has 23 heavy (non-hydrogen) atoms. The van der Waals surface area contributed by atoms with Gasteiger partial charge in [-0.2, -0.15) is 0 Å². The standard InChI is InChI=1S/C16H21N3O3S/c20-14(17-12-7-4-2-1-3-5-8-12)11-23-16-19-18-15(22-16)13-9-6-10-21-13/h6,9-10,12H,1-5,7-8,11H2,(H,17,20). The molecule has 0 aromatic carbocycles. The number of furan rings is 1. The van der Waals surface area contributed by atoms with Gasteiger partial charge in [0.15, 0.2) is 5.76 Å². The molecule has 0 aliphatic heterocycles. The van der Waals surface area contributed by atoms with Gasteiger partial charge in [-0.1, -0.05) is 43.9 Å². The highest BCUT2D eigenvalue weighted by Crippen LogP contribution is 2.23. The summed E-state index contributed by atoms with van der Waals surface area (Å²) < 4.78 is 10.7. The predicted octanol–water partition coefficient (Wildman–Crippen LogP) is 3.65. The van der Waals surface area contributed by atoms with Gasteiger partial charge in [0.25, 0.3) is 11.1 Å². The van der Waals surface area contributed by atoms with Crippen LogP contribution in [0.3, 0.4) is 0 Å². The number of amides is 1. The summed E-state index contributed by atoms with van der Waals surface area (Å²) in [5.74, 6) is 1.18. The third-order valence-electron chi connectivity index (χ3n) is 3.94. The van der Waals surface area contributed by atoms with Gasteiger partial charge in [-0.15, -0.1) is 10.2 Å². The van der Waals surface area contributed by atoms with E-state index in [2.05, 4.69) is 15.5 Å². The molecule has 0 atom stereocenters. The topological polar surface area (TPSA) is 81.2 Å². The van der Waals surface area contributed by atoms with Gasteiger partial charge < -0.3 is 14.2 Å². The molecule has 3 rings (SSSR count). The SMILES string of the molecule is O=C(CSc1nnc(-c2ccco2)o1)NC1CCCCCCC1. The zero-order valence-electron chi connectivity index (χ0n) is 13.0. The third-order valence-corrected chi connectivity index (χ3v) is 4.75. The summed E-state index contributed by atoms with van der Waals surface area (Å²) in [5.41, 5.74) is 0. The van der Waals surface area contributed by atoms with Crippen LogP contribution in [-0.4, -0.2) is 27.9 Å². The lowest BCUT2D eigenvalue weighted by atomic mass is 9.97. The van der Waals surface area contributed by atoms with Crippen molar-refractivity contribution in [1.82, 2.24) is 15.5 Å². The van der Waals surface area contributed by atoms with E-state index in [0.717, 1.165) is 12.8 Å². The first-order valence-corrected chi connectivity index (χ1v) is 9.09. The molecule has 2 aromatic rings. The van der Waals surface area contributed by atoms with Crippen molar-refractivity contribution in [1.29, 1.82) is 0 Å². The minimum absolute atomic E-state index is 0.0262. The Morgan fingerprint density at radius 1 is 1.22 bits per heavy atom. The number of hydrogen-bond acceptors (Lipinski definition) is 6. The normalized spacial score (nSPS) is 16.7. The first kappa shape index (κ1) is 16.1. The second-order valence-corrected chi connectivity index (χ2v) is 6.68. The second kappa shape index (κ2) is 8.19. The Bertz CT molecular complexity index is 604. The molecule has 2 aromatic heterocycles. The Balaban J connectivity index is 1.45. The van der Waals surface area contributed by atoms with E-state index in [1.165, 1.54) is 43.9 Å². The number of carbonyl (C=O) groups is 1. The fraction of sp³-hybridized carbons (Fsp3) is 0.562. The summed E-state index contributed by atoms with van der Waals surface area (Å²) in [6.45, 7) is 0. The summed E-state index contributed by atoms with van der Waals surface area (Å²) in [4.78, 5) is 12.1. The molecule has 1 amide bonds. The number of rotatable bonds is 5. The molecule has 0 saturated heterocycles. The van der Waals surface area contributed by atoms with Crippen LogP contribution < -0.4 is 5.32 Å². The molecule has 124 valence electrons. The van der Waals surface area contributed by atoms with Crippen LogP contribution in [0.2, 0.25) is 0 Å². The third kappa shape index (κ3) is 4.86. The van der Waals surface area contributed by atoms with Gasteiger partial charge in [0.1, 0.15) is 0 Å². The van der Waals surface area contributed by atoms with E-state index in [9.17, 15) is 4.79 Å². The van der Waals surface area contributed by atoms with Gasteiger partial charge in [0, 0.05) is 6.04 Å². The molecule has 0 radical (unpaired) electrons. The molecule has 1 N–H and O–H groups in total. The lowest BCUT2D eigenvalue weighted by Crippen LogP contribution is -2.36. The first-order chi connectivity index (χ1) is 11.3. The summed E-state index contributed by atoms with van der Waals surface area (Å²) in [6, 6.07) is 3.82. The van der Waals surface area contributed by atoms with Crippen molar-refractivity contribution in [3.05, 3.63) is 18.4 Å². The molecule has 6 nitrogen and oxygen atoms in total. The van der Waals surface area contributed by atoms with Crippen molar-refractivity contribution in [3.63, 3.8) is 0 Å². The van der Waals surface area contributed by atoms with Crippen molar-refractivity contribution in [2.45, 2.75) is 56.2 Å². The molecule has 1 aliphatic rings. The molecule has 1 saturated carbocycles. The highest BCUT2D eigenvalue weighted by molar-refractivity contribution is 7.99. The molecule has 1 fully saturated rings. The molecule has 0 spiro atoms. The van der Waals surface area contributed by atoms with Crippen LogP contribution in [0.25, 0.3) is 11.7 Å². The quantitative estimate of drug-likeness (QED) is 0.840. The van der Waals surface area contributed by atoms with Gasteiger partial charge in [-0.05, 0) is 25.0 Å². The lowest BCUT2D eigenvalue weighted by Gasteiger charge is -2.20. The van der Waals surface area contributed by atoms with Crippen molar-refractivity contribution in [3.8, 4) is 11.7 Å². The van der Waals surface area contributed by atoms with Gasteiger partial charge in [0.05, 0.1) is 12.0 Å². The van der Waals surface area contributed by atoms with E-state index < -0.39 is 0 Å². The first-order valence-electron chi connectivity index (χ1n) is 8.11. The maximum atomic E-state index is 12.1. The van der Waals surface area contributed by atoms with Crippen molar-refractivity contribution in [2.24, 2.45) is 0 Å². The molecule has 0 unspecified atom stereocenters. The van der Waals surface area contributed by atoms with E-state index in [-0.39, 0.29) is 11.7 Å². The van der Waals surface area contributed by atoms with E-state index in [1.54, 1.807) is 18.4 Å². The molecule has 1 aliphatic carbocycles. The lowest BCUT2D eigenvalue weighted by molar-refractivity contribution is -0.119. The summed E-state index contributed by atoms with van der Waals surface area (Å²) in [7, 11) is 0. The number of aromatic nitrogens is 2. The van der Waals surface area contributed by atoms with Crippen LogP contribution in [-0.2, 0) is 4.79 Å². The highest BCUT2D eigenvalue weighted by atomic mass is 32.2. The van der Waals surface area contributed by atoms with Crippen LogP contribution in [0.1, 0.15) is 44.9 Å². The van der Waals surface area contributed by atoms with Crippen LogP contribution in [0.15, 0.2) is 32.5 Å². The van der Waals surface area contributed by atoms with Crippen LogP contribution in [0.5, 0.6) is 0 Å². The second-order valence-electron chi connectivity index (χ2n) is 5.75. The smallest absolute Gasteiger partial charge is 0.284 e. The zero-order chi connectivity index (χ0) is 15.9. The van der Waals surface area contributed by atoms with E-state index >= 15 is 0 Å².